The van der Waals surface area contributed by atoms with Crippen LogP contribution in [0, 0.1) is 0 Å². The van der Waals surface area contributed by atoms with Gasteiger partial charge in [0, 0.05) is 13.0 Å². The topological polar surface area (TPSA) is 216 Å². The molecule has 0 aliphatic carbocycles. The lowest BCUT2D eigenvalue weighted by atomic mass is 10.0. The summed E-state index contributed by atoms with van der Waals surface area (Å²) >= 11 is 0. The molecule has 118 valence electrons. The Bertz CT molecular complexity index is 334. The van der Waals surface area contributed by atoms with Crippen LogP contribution in [0.1, 0.15) is 25.7 Å². The van der Waals surface area contributed by atoms with Crippen molar-refractivity contribution in [3.8, 4) is 0 Å². The van der Waals surface area contributed by atoms with E-state index in [1.165, 1.54) is 0 Å². The minimum absolute atomic E-state index is 0.00463. The molecule has 0 radical (unpaired) electrons. The predicted octanol–water partition coefficient (Wildman–Crippen LogP) is -2.31. The molecular formula is C10H22N4O6. The lowest BCUT2D eigenvalue weighted by Crippen LogP contribution is -2.56. The van der Waals surface area contributed by atoms with Crippen LogP contribution in [0.2, 0.25) is 0 Å². The molecule has 0 saturated heterocycles. The van der Waals surface area contributed by atoms with Crippen LogP contribution in [0.25, 0.3) is 0 Å². The highest BCUT2D eigenvalue weighted by atomic mass is 16.4. The van der Waals surface area contributed by atoms with Crippen LogP contribution >= 0.6 is 0 Å². The Balaban J connectivity index is 0. The number of aliphatic carboxylic acids is 3. The molecule has 0 amide bonds. The molecule has 0 aliphatic heterocycles. The number of carboxylic acid groups (broad SMARTS) is 3. The van der Waals surface area contributed by atoms with Crippen molar-refractivity contribution in [1.82, 2.24) is 0 Å². The van der Waals surface area contributed by atoms with E-state index in [4.69, 9.17) is 38.3 Å². The van der Waals surface area contributed by atoms with Gasteiger partial charge in [-0.15, -0.1) is 0 Å². The molecule has 0 saturated carbocycles. The summed E-state index contributed by atoms with van der Waals surface area (Å²) in [5.41, 5.74) is 18.4. The zero-order chi connectivity index (χ0) is 16.3. The molecule has 10 heteroatoms. The summed E-state index contributed by atoms with van der Waals surface area (Å²) in [5.74, 6) is -3.24. The monoisotopic (exact) mass is 294 g/mol. The molecule has 1 atom stereocenters. The normalized spacial score (nSPS) is 12.0. The lowest BCUT2D eigenvalue weighted by Gasteiger charge is -2.18. The maximum atomic E-state index is 10.4. The van der Waals surface area contributed by atoms with Gasteiger partial charge in [0.2, 0.25) is 0 Å². The summed E-state index contributed by atoms with van der Waals surface area (Å²) in [6.45, 7) is -0.00463. The summed E-state index contributed by atoms with van der Waals surface area (Å²) in [6, 6.07) is -0.903. The third-order valence-electron chi connectivity index (χ3n) is 2.20. The number of rotatable bonds is 8. The van der Waals surface area contributed by atoms with Crippen molar-refractivity contribution in [2.75, 3.05) is 6.54 Å². The predicted molar refractivity (Wildman–Crippen MR) is 69.5 cm³/mol. The first-order valence-electron chi connectivity index (χ1n) is 5.76. The fraction of sp³-hybridized carbons (Fsp3) is 0.700. The van der Waals surface area contributed by atoms with E-state index in [1.54, 1.807) is 0 Å². The van der Waals surface area contributed by atoms with Gasteiger partial charge in [-0.3, -0.25) is 9.59 Å². The van der Waals surface area contributed by atoms with E-state index in [9.17, 15) is 14.4 Å². The van der Waals surface area contributed by atoms with Gasteiger partial charge in [0.05, 0.1) is 0 Å². The molecule has 0 aromatic carbocycles. The van der Waals surface area contributed by atoms with Crippen LogP contribution in [0.15, 0.2) is 0 Å². The molecule has 10 nitrogen and oxygen atoms in total. The first kappa shape index (κ1) is 20.6. The smallest absolute Gasteiger partial charge is 0.338 e. The van der Waals surface area contributed by atoms with E-state index >= 15 is 0 Å². The molecule has 1 unspecified atom stereocenters. The SMILES string of the molecule is NC(N)(CCCCC(=O)O)C(=O)O.NCC(N)C(=O)O. The molecular weight excluding hydrogens is 272 g/mol. The summed E-state index contributed by atoms with van der Waals surface area (Å²) in [4.78, 5) is 30.2. The number of hydrogen-bond acceptors (Lipinski definition) is 7. The van der Waals surface area contributed by atoms with Crippen LogP contribution < -0.4 is 22.9 Å². The van der Waals surface area contributed by atoms with E-state index in [0.717, 1.165) is 0 Å². The van der Waals surface area contributed by atoms with E-state index in [1.807, 2.05) is 0 Å². The van der Waals surface area contributed by atoms with Crippen molar-refractivity contribution in [3.05, 3.63) is 0 Å². The molecule has 11 N–H and O–H groups in total. The molecule has 0 fully saturated rings. The van der Waals surface area contributed by atoms with Crippen molar-refractivity contribution >= 4 is 17.9 Å². The van der Waals surface area contributed by atoms with Crippen LogP contribution in [-0.2, 0) is 14.4 Å². The number of nitrogens with two attached hydrogens (primary N) is 4. The second-order valence-corrected chi connectivity index (χ2v) is 4.13. The maximum absolute atomic E-state index is 10.4. The summed E-state index contributed by atoms with van der Waals surface area (Å²) in [7, 11) is 0. The third-order valence-corrected chi connectivity index (χ3v) is 2.20. The Morgan fingerprint density at radius 2 is 1.55 bits per heavy atom. The second kappa shape index (κ2) is 10.1. The summed E-state index contributed by atoms with van der Waals surface area (Å²) in [6.07, 6.45) is 0.871. The van der Waals surface area contributed by atoms with Gasteiger partial charge >= 0.3 is 17.9 Å². The quantitative estimate of drug-likeness (QED) is 0.187. The van der Waals surface area contributed by atoms with Crippen molar-refractivity contribution in [3.63, 3.8) is 0 Å². The van der Waals surface area contributed by atoms with Gasteiger partial charge in [-0.2, -0.15) is 0 Å². The van der Waals surface area contributed by atoms with Crippen LogP contribution in [0.4, 0.5) is 0 Å². The highest BCUT2D eigenvalue weighted by Crippen LogP contribution is 2.07. The Morgan fingerprint density at radius 3 is 1.80 bits per heavy atom. The zero-order valence-electron chi connectivity index (χ0n) is 11.0. The van der Waals surface area contributed by atoms with E-state index in [2.05, 4.69) is 0 Å². The first-order chi connectivity index (χ1) is 9.04. The third kappa shape index (κ3) is 11.3. The van der Waals surface area contributed by atoms with Gasteiger partial charge < -0.3 is 38.3 Å². The van der Waals surface area contributed by atoms with E-state index in [-0.39, 0.29) is 19.4 Å². The Labute approximate surface area is 115 Å². The number of carbonyl (C=O) groups is 3. The number of unbranched alkanes of at least 4 members (excludes halogenated alkanes) is 1. The average molecular weight is 294 g/mol. The van der Waals surface area contributed by atoms with Crippen molar-refractivity contribution in [1.29, 1.82) is 0 Å². The van der Waals surface area contributed by atoms with E-state index < -0.39 is 29.6 Å². The largest absolute Gasteiger partial charge is 0.481 e. The van der Waals surface area contributed by atoms with Gasteiger partial charge in [-0.1, -0.05) is 0 Å². The minimum atomic E-state index is -1.74. The first-order valence-corrected chi connectivity index (χ1v) is 5.76. The van der Waals surface area contributed by atoms with Gasteiger partial charge in [-0.05, 0) is 19.3 Å². The lowest BCUT2D eigenvalue weighted by molar-refractivity contribution is -0.143. The maximum Gasteiger partial charge on any atom is 0.338 e. The Kier molecular flexibility index (Phi) is 10.4. The molecule has 0 aromatic heterocycles. The van der Waals surface area contributed by atoms with Gasteiger partial charge in [-0.25, -0.2) is 4.79 Å². The molecule has 0 rings (SSSR count). The number of hydrogen-bond donors (Lipinski definition) is 7. The Hall–Kier alpha value is -1.75. The zero-order valence-corrected chi connectivity index (χ0v) is 11.0. The standard InChI is InChI=1S/C7H14N2O4.C3H8N2O2/c8-7(9,6(12)13)4-2-1-3-5(10)11;4-1-2(5)3(6)7/h1-4,8-9H2,(H,10,11)(H,12,13);2H,1,4-5H2,(H,6,7). The van der Waals surface area contributed by atoms with Crippen molar-refractivity contribution < 1.29 is 29.7 Å². The molecule has 0 spiro atoms. The molecule has 0 heterocycles. The average Bonchev–Trinajstić information content (AvgIpc) is 2.33. The molecule has 0 bridgehead atoms. The minimum Gasteiger partial charge on any atom is -0.481 e. The van der Waals surface area contributed by atoms with Crippen LogP contribution in [-0.4, -0.2) is 51.5 Å². The summed E-state index contributed by atoms with van der Waals surface area (Å²) < 4.78 is 0. The fourth-order valence-electron chi connectivity index (χ4n) is 0.901. The van der Waals surface area contributed by atoms with Crippen molar-refractivity contribution in [2.24, 2.45) is 22.9 Å². The van der Waals surface area contributed by atoms with Crippen molar-refractivity contribution in [2.45, 2.75) is 37.4 Å². The Morgan fingerprint density at radius 1 is 1.05 bits per heavy atom. The van der Waals surface area contributed by atoms with Gasteiger partial charge in [0.1, 0.15) is 6.04 Å². The second-order valence-electron chi connectivity index (χ2n) is 4.13. The van der Waals surface area contributed by atoms with Gasteiger partial charge in [0.15, 0.2) is 5.66 Å². The van der Waals surface area contributed by atoms with Gasteiger partial charge in [0.25, 0.3) is 0 Å². The summed E-state index contributed by atoms with van der Waals surface area (Å²) in [5, 5.41) is 24.7. The van der Waals surface area contributed by atoms with Crippen LogP contribution in [0.3, 0.4) is 0 Å². The van der Waals surface area contributed by atoms with E-state index in [0.29, 0.717) is 12.8 Å². The molecule has 0 aliphatic rings. The molecule has 20 heavy (non-hydrogen) atoms. The molecule has 0 aromatic rings. The fourth-order valence-corrected chi connectivity index (χ4v) is 0.901. The van der Waals surface area contributed by atoms with Crippen LogP contribution in [0.5, 0.6) is 0 Å². The highest BCUT2D eigenvalue weighted by molar-refractivity contribution is 5.77. The highest BCUT2D eigenvalue weighted by Gasteiger charge is 2.27. The number of carboxylic acids is 3.